The summed E-state index contributed by atoms with van der Waals surface area (Å²) in [5.41, 5.74) is 0. The molecule has 0 bridgehead atoms. The summed E-state index contributed by atoms with van der Waals surface area (Å²) < 4.78 is 48.8. The van der Waals surface area contributed by atoms with E-state index in [-0.39, 0.29) is 0 Å². The van der Waals surface area contributed by atoms with Crippen molar-refractivity contribution in [3.63, 3.8) is 0 Å². The van der Waals surface area contributed by atoms with E-state index in [2.05, 4.69) is 6.58 Å². The van der Waals surface area contributed by atoms with Gasteiger partial charge >= 0.3 is 0 Å². The molecule has 11 heavy (non-hydrogen) atoms. The first kappa shape index (κ1) is 10.5. The first-order chi connectivity index (χ1) is 4.89. The molecule has 0 aromatic rings. The van der Waals surface area contributed by atoms with E-state index >= 15 is 0 Å². The second kappa shape index (κ2) is 3.74. The topological polar surface area (TPSA) is 0 Å². The van der Waals surface area contributed by atoms with Crippen LogP contribution in [0.15, 0.2) is 12.7 Å². The van der Waals surface area contributed by atoms with Crippen LogP contribution in [0.2, 0.25) is 0 Å². The van der Waals surface area contributed by atoms with E-state index in [0.29, 0.717) is 6.08 Å². The maximum Gasteiger partial charge on any atom is 0.269 e. The van der Waals surface area contributed by atoms with Crippen LogP contribution >= 0.6 is 0 Å². The molecule has 0 aliphatic rings. The van der Waals surface area contributed by atoms with E-state index in [4.69, 9.17) is 0 Å². The Labute approximate surface area is 62.9 Å². The zero-order valence-electron chi connectivity index (χ0n) is 6.16. The van der Waals surface area contributed by atoms with Gasteiger partial charge in [0.25, 0.3) is 5.92 Å². The maximum atomic E-state index is 12.3. The zero-order valence-corrected chi connectivity index (χ0v) is 6.16. The van der Waals surface area contributed by atoms with Crippen LogP contribution in [0.1, 0.15) is 13.3 Å². The van der Waals surface area contributed by atoms with E-state index < -0.39 is 24.7 Å². The van der Waals surface area contributed by atoms with Gasteiger partial charge in [-0.3, -0.25) is 0 Å². The van der Waals surface area contributed by atoms with Crippen molar-refractivity contribution < 1.29 is 17.6 Å². The molecule has 0 aromatic heterocycles. The van der Waals surface area contributed by atoms with Crippen LogP contribution in [-0.2, 0) is 0 Å². The highest BCUT2D eigenvalue weighted by Crippen LogP contribution is 2.24. The summed E-state index contributed by atoms with van der Waals surface area (Å²) in [4.78, 5) is 0. The molecule has 0 amide bonds. The summed E-state index contributed by atoms with van der Waals surface area (Å²) in [7, 11) is 0. The number of hydrogen-bond donors (Lipinski definition) is 0. The Hall–Kier alpha value is -0.540. The molecule has 2 unspecified atom stereocenters. The fourth-order valence-corrected chi connectivity index (χ4v) is 0.506. The Morgan fingerprint density at radius 3 is 2.18 bits per heavy atom. The Morgan fingerprint density at radius 2 is 1.91 bits per heavy atom. The molecule has 4 heteroatoms. The van der Waals surface area contributed by atoms with Gasteiger partial charge in [0, 0.05) is 6.42 Å². The maximum absolute atomic E-state index is 12.3. The lowest BCUT2D eigenvalue weighted by molar-refractivity contribution is 0.00420. The number of halogens is 4. The molecule has 0 aliphatic heterocycles. The van der Waals surface area contributed by atoms with E-state index in [1.165, 1.54) is 0 Å². The second-order valence-corrected chi connectivity index (χ2v) is 2.36. The third-order valence-corrected chi connectivity index (χ3v) is 1.26. The average molecular weight is 170 g/mol. The Bertz CT molecular complexity index is 130. The molecule has 0 heterocycles. The van der Waals surface area contributed by atoms with Crippen molar-refractivity contribution in [2.75, 3.05) is 0 Å². The summed E-state index contributed by atoms with van der Waals surface area (Å²) in [6.07, 6.45) is -4.79. The molecule has 0 saturated heterocycles. The van der Waals surface area contributed by atoms with Crippen molar-refractivity contribution in [3.05, 3.63) is 12.7 Å². The van der Waals surface area contributed by atoms with Crippen molar-refractivity contribution in [3.8, 4) is 0 Å². The van der Waals surface area contributed by atoms with Gasteiger partial charge in [0.2, 0.25) is 0 Å². The van der Waals surface area contributed by atoms with Crippen LogP contribution in [0.4, 0.5) is 17.6 Å². The van der Waals surface area contributed by atoms with Gasteiger partial charge in [0.15, 0.2) is 0 Å². The van der Waals surface area contributed by atoms with Crippen LogP contribution in [0, 0.1) is 0 Å². The summed E-state index contributed by atoms with van der Waals surface area (Å²) in [6.45, 7) is 3.71. The van der Waals surface area contributed by atoms with Crippen LogP contribution in [-0.4, -0.2) is 18.3 Å². The highest BCUT2D eigenvalue weighted by Gasteiger charge is 2.31. The number of rotatable bonds is 4. The largest absolute Gasteiger partial charge is 0.269 e. The average Bonchev–Trinajstić information content (AvgIpc) is 1.87. The van der Waals surface area contributed by atoms with Crippen molar-refractivity contribution in [1.29, 1.82) is 0 Å². The third kappa shape index (κ3) is 4.01. The van der Waals surface area contributed by atoms with E-state index in [9.17, 15) is 17.6 Å². The van der Waals surface area contributed by atoms with E-state index in [0.717, 1.165) is 6.92 Å². The standard InChI is InChI=1S/C7H10F4/c1-3-7(10,11)4-6(9)5(2)8/h3,5-6H,1,4H2,2H3. The third-order valence-electron chi connectivity index (χ3n) is 1.26. The van der Waals surface area contributed by atoms with Gasteiger partial charge in [-0.2, -0.15) is 0 Å². The monoisotopic (exact) mass is 170 g/mol. The lowest BCUT2D eigenvalue weighted by Crippen LogP contribution is -2.24. The zero-order chi connectivity index (χ0) is 9.07. The van der Waals surface area contributed by atoms with Crippen LogP contribution in [0.5, 0.6) is 0 Å². The fraction of sp³-hybridized carbons (Fsp3) is 0.714. The molecule has 0 nitrogen and oxygen atoms in total. The molecule has 0 N–H and O–H groups in total. The second-order valence-electron chi connectivity index (χ2n) is 2.36. The van der Waals surface area contributed by atoms with Gasteiger partial charge < -0.3 is 0 Å². The SMILES string of the molecule is C=CC(F)(F)CC(F)C(C)F. The van der Waals surface area contributed by atoms with Crippen LogP contribution < -0.4 is 0 Å². The minimum absolute atomic E-state index is 0.321. The molecule has 0 aromatic carbocycles. The summed E-state index contributed by atoms with van der Waals surface area (Å²) in [5, 5.41) is 0. The predicted octanol–water partition coefficient (Wildman–Crippen LogP) is 2.89. The molecular weight excluding hydrogens is 160 g/mol. The first-order valence-electron chi connectivity index (χ1n) is 3.18. The van der Waals surface area contributed by atoms with Gasteiger partial charge in [0.05, 0.1) is 0 Å². The van der Waals surface area contributed by atoms with Gasteiger partial charge in [-0.1, -0.05) is 6.58 Å². The van der Waals surface area contributed by atoms with Crippen molar-refractivity contribution in [1.82, 2.24) is 0 Å². The van der Waals surface area contributed by atoms with Gasteiger partial charge in [-0.15, -0.1) is 0 Å². The Kier molecular flexibility index (Phi) is 3.55. The number of alkyl halides is 4. The van der Waals surface area contributed by atoms with Crippen LogP contribution in [0.25, 0.3) is 0 Å². The smallest absolute Gasteiger partial charge is 0.245 e. The number of hydrogen-bond acceptors (Lipinski definition) is 0. The minimum Gasteiger partial charge on any atom is -0.245 e. The summed E-state index contributed by atoms with van der Waals surface area (Å²) in [6, 6.07) is 0. The molecular formula is C7H10F4. The molecule has 0 fully saturated rings. The Balaban J connectivity index is 3.93. The lowest BCUT2D eigenvalue weighted by atomic mass is 10.1. The highest BCUT2D eigenvalue weighted by molar-refractivity contribution is 4.89. The lowest BCUT2D eigenvalue weighted by Gasteiger charge is -2.15. The molecule has 0 rings (SSSR count). The molecule has 0 aliphatic carbocycles. The Morgan fingerprint density at radius 1 is 1.45 bits per heavy atom. The van der Waals surface area contributed by atoms with Gasteiger partial charge in [-0.05, 0) is 13.0 Å². The van der Waals surface area contributed by atoms with Crippen LogP contribution in [0.3, 0.4) is 0 Å². The summed E-state index contributed by atoms with van der Waals surface area (Å²) >= 11 is 0. The minimum atomic E-state index is -3.31. The van der Waals surface area contributed by atoms with Crippen molar-refractivity contribution >= 4 is 0 Å². The molecule has 0 spiro atoms. The van der Waals surface area contributed by atoms with Crippen molar-refractivity contribution in [2.45, 2.75) is 31.6 Å². The molecule has 0 saturated carbocycles. The summed E-state index contributed by atoms with van der Waals surface area (Å²) in [5.74, 6) is -3.31. The molecule has 2 atom stereocenters. The normalized spacial score (nSPS) is 17.5. The number of allylic oxidation sites excluding steroid dienone is 1. The van der Waals surface area contributed by atoms with Gasteiger partial charge in [0.1, 0.15) is 12.3 Å². The highest BCUT2D eigenvalue weighted by atomic mass is 19.3. The first-order valence-corrected chi connectivity index (χ1v) is 3.18. The molecule has 0 radical (unpaired) electrons. The van der Waals surface area contributed by atoms with E-state index in [1.807, 2.05) is 0 Å². The van der Waals surface area contributed by atoms with E-state index in [1.54, 1.807) is 0 Å². The predicted molar refractivity (Wildman–Crippen MR) is 35.2 cm³/mol. The fourth-order valence-electron chi connectivity index (χ4n) is 0.506. The molecule has 66 valence electrons. The van der Waals surface area contributed by atoms with Crippen molar-refractivity contribution in [2.24, 2.45) is 0 Å². The van der Waals surface area contributed by atoms with Gasteiger partial charge in [-0.25, -0.2) is 17.6 Å². The quantitative estimate of drug-likeness (QED) is 0.449.